The SMILES string of the molecule is CCCNc1ncc(C)c(-c2cccc(C3CCC3)c2)n1. The normalized spacial score (nSPS) is 14.8. The third-order valence-electron chi connectivity index (χ3n) is 4.24. The van der Waals surface area contributed by atoms with Gasteiger partial charge in [-0.25, -0.2) is 9.97 Å². The van der Waals surface area contributed by atoms with Gasteiger partial charge in [-0.3, -0.25) is 0 Å². The molecule has 21 heavy (non-hydrogen) atoms. The minimum Gasteiger partial charge on any atom is -0.354 e. The van der Waals surface area contributed by atoms with Gasteiger partial charge in [-0.2, -0.15) is 0 Å². The Hall–Kier alpha value is -1.90. The Bertz CT molecular complexity index is 618. The first-order chi connectivity index (χ1) is 10.3. The number of hydrogen-bond acceptors (Lipinski definition) is 3. The van der Waals surface area contributed by atoms with Crippen LogP contribution in [0.4, 0.5) is 5.95 Å². The van der Waals surface area contributed by atoms with Crippen molar-refractivity contribution in [3.8, 4) is 11.3 Å². The van der Waals surface area contributed by atoms with E-state index in [1.165, 1.54) is 30.4 Å². The molecule has 0 saturated heterocycles. The molecule has 0 atom stereocenters. The van der Waals surface area contributed by atoms with E-state index >= 15 is 0 Å². The molecule has 3 heteroatoms. The molecule has 1 aromatic carbocycles. The number of aryl methyl sites for hydroxylation is 1. The lowest BCUT2D eigenvalue weighted by atomic mass is 9.79. The van der Waals surface area contributed by atoms with Crippen molar-refractivity contribution >= 4 is 5.95 Å². The number of aromatic nitrogens is 2. The second-order valence-corrected chi connectivity index (χ2v) is 5.91. The van der Waals surface area contributed by atoms with Crippen LogP contribution in [0.5, 0.6) is 0 Å². The fourth-order valence-corrected chi connectivity index (χ4v) is 2.74. The molecule has 0 radical (unpaired) electrons. The standard InChI is InChI=1S/C18H23N3/c1-3-10-19-18-20-12-13(2)17(21-18)16-9-5-8-15(11-16)14-6-4-7-14/h5,8-9,11-12,14H,3-4,6-7,10H2,1-2H3,(H,19,20,21). The van der Waals surface area contributed by atoms with E-state index in [0.717, 1.165) is 36.1 Å². The van der Waals surface area contributed by atoms with Gasteiger partial charge in [-0.05, 0) is 49.3 Å². The lowest BCUT2D eigenvalue weighted by Crippen LogP contribution is -2.09. The molecule has 1 fully saturated rings. The average molecular weight is 281 g/mol. The summed E-state index contributed by atoms with van der Waals surface area (Å²) >= 11 is 0. The van der Waals surface area contributed by atoms with E-state index in [4.69, 9.17) is 4.98 Å². The summed E-state index contributed by atoms with van der Waals surface area (Å²) in [6, 6.07) is 8.87. The quantitative estimate of drug-likeness (QED) is 0.874. The van der Waals surface area contributed by atoms with Crippen molar-refractivity contribution in [2.45, 2.75) is 45.4 Å². The molecule has 0 amide bonds. The van der Waals surface area contributed by atoms with Crippen LogP contribution in [0, 0.1) is 6.92 Å². The van der Waals surface area contributed by atoms with Crippen LogP contribution in [0.25, 0.3) is 11.3 Å². The third kappa shape index (κ3) is 3.07. The van der Waals surface area contributed by atoms with E-state index in [2.05, 4.69) is 48.4 Å². The molecular formula is C18H23N3. The molecule has 110 valence electrons. The Kier molecular flexibility index (Phi) is 4.18. The van der Waals surface area contributed by atoms with Crippen LogP contribution in [0.2, 0.25) is 0 Å². The monoisotopic (exact) mass is 281 g/mol. The largest absolute Gasteiger partial charge is 0.354 e. The highest BCUT2D eigenvalue weighted by Crippen LogP contribution is 2.37. The van der Waals surface area contributed by atoms with Crippen LogP contribution < -0.4 is 5.32 Å². The van der Waals surface area contributed by atoms with E-state index in [1.807, 2.05) is 6.20 Å². The highest BCUT2D eigenvalue weighted by Gasteiger charge is 2.20. The highest BCUT2D eigenvalue weighted by atomic mass is 15.1. The number of anilines is 1. The van der Waals surface area contributed by atoms with Gasteiger partial charge in [0.15, 0.2) is 0 Å². The summed E-state index contributed by atoms with van der Waals surface area (Å²) in [4.78, 5) is 9.07. The number of nitrogens with one attached hydrogen (secondary N) is 1. The van der Waals surface area contributed by atoms with Gasteiger partial charge in [0, 0.05) is 18.3 Å². The Labute approximate surface area is 126 Å². The third-order valence-corrected chi connectivity index (χ3v) is 4.24. The zero-order chi connectivity index (χ0) is 14.7. The summed E-state index contributed by atoms with van der Waals surface area (Å²) < 4.78 is 0. The number of benzene rings is 1. The van der Waals surface area contributed by atoms with Gasteiger partial charge < -0.3 is 5.32 Å². The second kappa shape index (κ2) is 6.25. The summed E-state index contributed by atoms with van der Waals surface area (Å²) in [5.41, 5.74) is 4.84. The van der Waals surface area contributed by atoms with E-state index in [-0.39, 0.29) is 0 Å². The molecule has 0 unspecified atom stereocenters. The summed E-state index contributed by atoms with van der Waals surface area (Å²) in [5.74, 6) is 1.48. The van der Waals surface area contributed by atoms with Crippen LogP contribution in [0.3, 0.4) is 0 Å². The average Bonchev–Trinajstić information content (AvgIpc) is 2.45. The topological polar surface area (TPSA) is 37.8 Å². The van der Waals surface area contributed by atoms with Gasteiger partial charge in [-0.1, -0.05) is 31.5 Å². The molecule has 1 N–H and O–H groups in total. The van der Waals surface area contributed by atoms with Gasteiger partial charge >= 0.3 is 0 Å². The first-order valence-electron chi connectivity index (χ1n) is 7.95. The van der Waals surface area contributed by atoms with Gasteiger partial charge in [0.25, 0.3) is 0 Å². The summed E-state index contributed by atoms with van der Waals surface area (Å²) in [5, 5.41) is 3.27. The fourth-order valence-electron chi connectivity index (χ4n) is 2.74. The van der Waals surface area contributed by atoms with Crippen molar-refractivity contribution in [3.63, 3.8) is 0 Å². The van der Waals surface area contributed by atoms with Crippen molar-refractivity contribution in [1.82, 2.24) is 9.97 Å². The molecule has 1 aliphatic rings. The zero-order valence-corrected chi connectivity index (χ0v) is 12.9. The summed E-state index contributed by atoms with van der Waals surface area (Å²) in [6.07, 6.45) is 7.01. The first-order valence-corrected chi connectivity index (χ1v) is 7.95. The van der Waals surface area contributed by atoms with Gasteiger partial charge in [-0.15, -0.1) is 0 Å². The lowest BCUT2D eigenvalue weighted by molar-refractivity contribution is 0.420. The van der Waals surface area contributed by atoms with Gasteiger partial charge in [0.2, 0.25) is 5.95 Å². The van der Waals surface area contributed by atoms with Crippen molar-refractivity contribution < 1.29 is 0 Å². The number of nitrogens with zero attached hydrogens (tertiary/aromatic N) is 2. The van der Waals surface area contributed by atoms with Crippen LogP contribution in [-0.2, 0) is 0 Å². The molecule has 1 saturated carbocycles. The Morgan fingerprint density at radius 2 is 2.14 bits per heavy atom. The molecule has 3 nitrogen and oxygen atoms in total. The molecule has 2 aromatic rings. The summed E-state index contributed by atoms with van der Waals surface area (Å²) in [6.45, 7) is 5.13. The van der Waals surface area contributed by atoms with Crippen LogP contribution >= 0.6 is 0 Å². The molecule has 1 aliphatic carbocycles. The van der Waals surface area contributed by atoms with Crippen molar-refractivity contribution in [2.24, 2.45) is 0 Å². The van der Waals surface area contributed by atoms with Crippen molar-refractivity contribution in [3.05, 3.63) is 41.6 Å². The van der Waals surface area contributed by atoms with E-state index in [1.54, 1.807) is 0 Å². The van der Waals surface area contributed by atoms with Crippen molar-refractivity contribution in [1.29, 1.82) is 0 Å². The van der Waals surface area contributed by atoms with Crippen LogP contribution in [-0.4, -0.2) is 16.5 Å². The maximum Gasteiger partial charge on any atom is 0.223 e. The van der Waals surface area contributed by atoms with Crippen LogP contribution in [0.15, 0.2) is 30.5 Å². The van der Waals surface area contributed by atoms with E-state index < -0.39 is 0 Å². The Balaban J connectivity index is 1.91. The van der Waals surface area contributed by atoms with Gasteiger partial charge in [0.1, 0.15) is 0 Å². The van der Waals surface area contributed by atoms with E-state index in [0.29, 0.717) is 0 Å². The Morgan fingerprint density at radius 1 is 1.29 bits per heavy atom. The predicted octanol–water partition coefficient (Wildman–Crippen LogP) is 4.54. The minimum atomic E-state index is 0.728. The second-order valence-electron chi connectivity index (χ2n) is 5.91. The smallest absolute Gasteiger partial charge is 0.223 e. The molecular weight excluding hydrogens is 258 g/mol. The lowest BCUT2D eigenvalue weighted by Gasteiger charge is -2.26. The molecule has 1 aromatic heterocycles. The molecule has 0 bridgehead atoms. The zero-order valence-electron chi connectivity index (χ0n) is 12.9. The van der Waals surface area contributed by atoms with Gasteiger partial charge in [0.05, 0.1) is 5.69 Å². The highest BCUT2D eigenvalue weighted by molar-refractivity contribution is 5.64. The maximum absolute atomic E-state index is 4.70. The molecule has 0 spiro atoms. The molecule has 1 heterocycles. The first kappa shape index (κ1) is 14.1. The predicted molar refractivity (Wildman–Crippen MR) is 87.6 cm³/mol. The van der Waals surface area contributed by atoms with Crippen molar-refractivity contribution in [2.75, 3.05) is 11.9 Å². The molecule has 0 aliphatic heterocycles. The maximum atomic E-state index is 4.70. The summed E-state index contributed by atoms with van der Waals surface area (Å²) in [7, 11) is 0. The fraction of sp³-hybridized carbons (Fsp3) is 0.444. The Morgan fingerprint density at radius 3 is 2.86 bits per heavy atom. The molecule has 3 rings (SSSR count). The minimum absolute atomic E-state index is 0.728. The van der Waals surface area contributed by atoms with E-state index in [9.17, 15) is 0 Å². The number of hydrogen-bond donors (Lipinski definition) is 1. The number of rotatable bonds is 5. The van der Waals surface area contributed by atoms with Crippen LogP contribution in [0.1, 0.15) is 49.7 Å².